The predicted octanol–water partition coefficient (Wildman–Crippen LogP) is 1.36. The predicted molar refractivity (Wildman–Crippen MR) is 79.4 cm³/mol. The van der Waals surface area contributed by atoms with Gasteiger partial charge in [0.15, 0.2) is 0 Å². The van der Waals surface area contributed by atoms with Gasteiger partial charge in [0, 0.05) is 13.0 Å². The molecule has 6 nitrogen and oxygen atoms in total. The minimum absolute atomic E-state index is 0.0466. The van der Waals surface area contributed by atoms with Crippen molar-refractivity contribution in [1.29, 1.82) is 10.5 Å². The highest BCUT2D eigenvalue weighted by atomic mass is 19.1. The van der Waals surface area contributed by atoms with E-state index in [-0.39, 0.29) is 37.6 Å². The lowest BCUT2D eigenvalue weighted by molar-refractivity contribution is -0.134. The fourth-order valence-electron chi connectivity index (χ4n) is 2.58. The van der Waals surface area contributed by atoms with E-state index in [1.807, 2.05) is 12.1 Å². The van der Waals surface area contributed by atoms with E-state index in [4.69, 9.17) is 10.5 Å². The van der Waals surface area contributed by atoms with Crippen molar-refractivity contribution in [2.24, 2.45) is 5.92 Å². The average molecular weight is 314 g/mol. The van der Waals surface area contributed by atoms with Crippen molar-refractivity contribution < 1.29 is 14.0 Å². The molecule has 0 aliphatic carbocycles. The number of benzene rings is 1. The molecule has 0 spiro atoms. The molecule has 0 bridgehead atoms. The van der Waals surface area contributed by atoms with Gasteiger partial charge in [0.25, 0.3) is 0 Å². The van der Waals surface area contributed by atoms with E-state index in [1.54, 1.807) is 13.0 Å². The van der Waals surface area contributed by atoms with Gasteiger partial charge in [-0.25, -0.2) is 4.39 Å². The Balaban J connectivity index is 2.18. The molecule has 23 heavy (non-hydrogen) atoms. The largest absolute Gasteiger partial charge is 0.316 e. The fraction of sp³-hybridized carbons (Fsp3) is 0.375. The second-order valence-corrected chi connectivity index (χ2v) is 5.37. The van der Waals surface area contributed by atoms with Crippen LogP contribution in [0.4, 0.5) is 10.1 Å². The van der Waals surface area contributed by atoms with Gasteiger partial charge >= 0.3 is 0 Å². The summed E-state index contributed by atoms with van der Waals surface area (Å²) in [6, 6.07) is 8.18. The zero-order valence-electron chi connectivity index (χ0n) is 12.6. The van der Waals surface area contributed by atoms with Gasteiger partial charge in [0.1, 0.15) is 18.9 Å². The molecule has 0 radical (unpaired) electrons. The Labute approximate surface area is 133 Å². The van der Waals surface area contributed by atoms with Crippen molar-refractivity contribution in [3.63, 3.8) is 0 Å². The number of anilines is 1. The smallest absolute Gasteiger partial charge is 0.229 e. The molecular formula is C16H15FN4O2. The molecular weight excluding hydrogens is 299 g/mol. The topological polar surface area (TPSA) is 88.2 Å². The maximum atomic E-state index is 14.0. The van der Waals surface area contributed by atoms with Crippen LogP contribution in [0.1, 0.15) is 12.0 Å². The molecule has 1 heterocycles. The van der Waals surface area contributed by atoms with E-state index in [9.17, 15) is 14.0 Å². The van der Waals surface area contributed by atoms with Crippen molar-refractivity contribution in [1.82, 2.24) is 4.90 Å². The van der Waals surface area contributed by atoms with E-state index < -0.39 is 17.6 Å². The van der Waals surface area contributed by atoms with Crippen LogP contribution in [-0.4, -0.2) is 36.3 Å². The minimum Gasteiger partial charge on any atom is -0.316 e. The summed E-state index contributed by atoms with van der Waals surface area (Å²) in [5.41, 5.74) is 0.878. The molecule has 1 atom stereocenters. The maximum absolute atomic E-state index is 14.0. The lowest BCUT2D eigenvalue weighted by atomic mass is 10.1. The summed E-state index contributed by atoms with van der Waals surface area (Å²) in [6.07, 6.45) is -0.0560. The molecule has 1 aliphatic heterocycles. The molecule has 0 saturated carbocycles. The van der Waals surface area contributed by atoms with Gasteiger partial charge in [-0.1, -0.05) is 6.07 Å². The van der Waals surface area contributed by atoms with Crippen LogP contribution in [0, 0.1) is 41.3 Å². The van der Waals surface area contributed by atoms with Gasteiger partial charge in [-0.3, -0.25) is 9.59 Å². The summed E-state index contributed by atoms with van der Waals surface area (Å²) < 4.78 is 14.0. The fourth-order valence-corrected chi connectivity index (χ4v) is 2.58. The molecule has 2 amide bonds. The van der Waals surface area contributed by atoms with Crippen LogP contribution in [0.15, 0.2) is 18.2 Å². The van der Waals surface area contributed by atoms with Crippen molar-refractivity contribution in [2.45, 2.75) is 13.3 Å². The first-order valence-electron chi connectivity index (χ1n) is 7.07. The maximum Gasteiger partial charge on any atom is 0.229 e. The Morgan fingerprint density at radius 1 is 1.39 bits per heavy atom. The molecule has 0 N–H and O–H groups in total. The van der Waals surface area contributed by atoms with Gasteiger partial charge < -0.3 is 9.80 Å². The SMILES string of the molecule is Cc1ccc(N2CC(C(=O)N(CC#N)CC#N)CC2=O)c(F)c1. The summed E-state index contributed by atoms with van der Waals surface area (Å²) in [4.78, 5) is 26.8. The molecule has 7 heteroatoms. The standard InChI is InChI=1S/C16H15FN4O2/c1-11-2-3-14(13(17)8-11)21-10-12(9-15(21)22)16(23)20(6-4-18)7-5-19/h2-3,8,12H,6-7,9-10H2,1H3. The molecule has 118 valence electrons. The molecule has 1 aliphatic rings. The third kappa shape index (κ3) is 3.46. The lowest BCUT2D eigenvalue weighted by Crippen LogP contribution is -2.38. The lowest BCUT2D eigenvalue weighted by Gasteiger charge is -2.21. The van der Waals surface area contributed by atoms with E-state index in [1.165, 1.54) is 17.0 Å². The van der Waals surface area contributed by atoms with E-state index in [0.29, 0.717) is 0 Å². The Morgan fingerprint density at radius 3 is 2.61 bits per heavy atom. The second-order valence-electron chi connectivity index (χ2n) is 5.37. The number of hydrogen-bond acceptors (Lipinski definition) is 4. The average Bonchev–Trinajstić information content (AvgIpc) is 2.88. The number of halogens is 1. The van der Waals surface area contributed by atoms with Crippen LogP contribution < -0.4 is 4.90 Å². The first kappa shape index (κ1) is 16.4. The summed E-state index contributed by atoms with van der Waals surface area (Å²) in [7, 11) is 0. The summed E-state index contributed by atoms with van der Waals surface area (Å²) in [6.45, 7) is 1.36. The Bertz CT molecular complexity index is 704. The van der Waals surface area contributed by atoms with Crippen LogP contribution in [0.5, 0.6) is 0 Å². The van der Waals surface area contributed by atoms with Crippen molar-refractivity contribution in [3.8, 4) is 12.1 Å². The third-order valence-electron chi connectivity index (χ3n) is 3.70. The third-order valence-corrected chi connectivity index (χ3v) is 3.70. The molecule has 0 aromatic heterocycles. The van der Waals surface area contributed by atoms with Gasteiger partial charge in [-0.15, -0.1) is 0 Å². The van der Waals surface area contributed by atoms with Gasteiger partial charge in [-0.05, 0) is 24.6 Å². The normalized spacial score (nSPS) is 16.8. The van der Waals surface area contributed by atoms with Crippen molar-refractivity contribution in [3.05, 3.63) is 29.6 Å². The van der Waals surface area contributed by atoms with Crippen LogP contribution in [0.2, 0.25) is 0 Å². The van der Waals surface area contributed by atoms with Crippen molar-refractivity contribution >= 4 is 17.5 Å². The van der Waals surface area contributed by atoms with Crippen LogP contribution in [-0.2, 0) is 9.59 Å². The van der Waals surface area contributed by atoms with Gasteiger partial charge in [-0.2, -0.15) is 10.5 Å². The van der Waals surface area contributed by atoms with E-state index in [2.05, 4.69) is 0 Å². The quantitative estimate of drug-likeness (QED) is 0.785. The van der Waals surface area contributed by atoms with Crippen LogP contribution >= 0.6 is 0 Å². The first-order chi connectivity index (χ1) is 11.0. The number of carbonyl (C=O) groups excluding carboxylic acids is 2. The van der Waals surface area contributed by atoms with Crippen LogP contribution in [0.3, 0.4) is 0 Å². The summed E-state index contributed by atoms with van der Waals surface area (Å²) >= 11 is 0. The van der Waals surface area contributed by atoms with Gasteiger partial charge in [0.05, 0.1) is 23.7 Å². The van der Waals surface area contributed by atoms with Crippen molar-refractivity contribution in [2.75, 3.05) is 24.5 Å². The Hall–Kier alpha value is -2.93. The molecule has 1 saturated heterocycles. The molecule has 1 unspecified atom stereocenters. The first-order valence-corrected chi connectivity index (χ1v) is 7.07. The number of aryl methyl sites for hydroxylation is 1. The minimum atomic E-state index is -0.676. The number of nitrogens with zero attached hydrogens (tertiary/aromatic N) is 4. The number of rotatable bonds is 4. The number of nitriles is 2. The van der Waals surface area contributed by atoms with E-state index >= 15 is 0 Å². The monoisotopic (exact) mass is 314 g/mol. The molecule has 2 rings (SSSR count). The van der Waals surface area contributed by atoms with Gasteiger partial charge in [0.2, 0.25) is 11.8 Å². The zero-order chi connectivity index (χ0) is 17.0. The highest BCUT2D eigenvalue weighted by molar-refractivity contribution is 6.00. The molecule has 1 aromatic carbocycles. The molecule has 1 aromatic rings. The number of hydrogen-bond donors (Lipinski definition) is 0. The van der Waals surface area contributed by atoms with Crippen LogP contribution in [0.25, 0.3) is 0 Å². The highest BCUT2D eigenvalue weighted by Gasteiger charge is 2.38. The highest BCUT2D eigenvalue weighted by Crippen LogP contribution is 2.28. The van der Waals surface area contributed by atoms with E-state index in [0.717, 1.165) is 10.5 Å². The zero-order valence-corrected chi connectivity index (χ0v) is 12.6. The number of carbonyl (C=O) groups is 2. The second kappa shape index (κ2) is 6.89. The summed E-state index contributed by atoms with van der Waals surface area (Å²) in [5, 5.41) is 17.4. The summed E-state index contributed by atoms with van der Waals surface area (Å²) in [5.74, 6) is -1.97. The number of amides is 2. The Kier molecular flexibility index (Phi) is 4.92. The Morgan fingerprint density at radius 2 is 2.04 bits per heavy atom. The molecule has 1 fully saturated rings.